The SMILES string of the molecule is Cc1c(C(=O)NCCOCCO)oc2ccc(Br)cc12. The number of hydrogen-bond acceptors (Lipinski definition) is 4. The number of aliphatic hydroxyl groups is 1. The van der Waals surface area contributed by atoms with Crippen LogP contribution in [-0.2, 0) is 4.74 Å². The van der Waals surface area contributed by atoms with E-state index in [1.54, 1.807) is 0 Å². The molecule has 1 heterocycles. The lowest BCUT2D eigenvalue weighted by Gasteiger charge is -2.04. The molecule has 2 aromatic rings. The van der Waals surface area contributed by atoms with Crippen molar-refractivity contribution in [3.8, 4) is 0 Å². The highest BCUT2D eigenvalue weighted by atomic mass is 79.9. The van der Waals surface area contributed by atoms with Crippen molar-refractivity contribution in [2.45, 2.75) is 6.92 Å². The summed E-state index contributed by atoms with van der Waals surface area (Å²) in [6.07, 6.45) is 0. The predicted molar refractivity (Wildman–Crippen MR) is 78.9 cm³/mol. The van der Waals surface area contributed by atoms with Crippen LogP contribution in [0.1, 0.15) is 16.1 Å². The van der Waals surface area contributed by atoms with Crippen molar-refractivity contribution in [3.63, 3.8) is 0 Å². The van der Waals surface area contributed by atoms with Crippen LogP contribution in [0.2, 0.25) is 0 Å². The van der Waals surface area contributed by atoms with Crippen molar-refractivity contribution < 1.29 is 19.1 Å². The molecule has 5 nitrogen and oxygen atoms in total. The standard InChI is InChI=1S/C14H16BrNO4/c1-9-11-8-10(15)2-3-12(11)20-13(9)14(18)16-4-6-19-7-5-17/h2-3,8,17H,4-7H2,1H3,(H,16,18). The molecular weight excluding hydrogens is 326 g/mol. The number of nitrogens with one attached hydrogen (secondary N) is 1. The number of hydrogen-bond donors (Lipinski definition) is 2. The average Bonchev–Trinajstić information content (AvgIpc) is 2.76. The highest BCUT2D eigenvalue weighted by Crippen LogP contribution is 2.27. The Morgan fingerprint density at radius 1 is 1.45 bits per heavy atom. The Labute approximate surface area is 125 Å². The number of benzene rings is 1. The molecule has 0 spiro atoms. The third kappa shape index (κ3) is 3.39. The van der Waals surface area contributed by atoms with Gasteiger partial charge in [0.05, 0.1) is 19.8 Å². The average molecular weight is 342 g/mol. The summed E-state index contributed by atoms with van der Waals surface area (Å²) in [5.74, 6) is 0.0580. The number of aliphatic hydroxyl groups excluding tert-OH is 1. The molecule has 0 fully saturated rings. The summed E-state index contributed by atoms with van der Waals surface area (Å²) < 4.78 is 11.6. The first kappa shape index (κ1) is 15.0. The zero-order chi connectivity index (χ0) is 14.5. The molecule has 0 aliphatic heterocycles. The number of amides is 1. The number of aryl methyl sites for hydroxylation is 1. The van der Waals surface area contributed by atoms with Gasteiger partial charge in [-0.25, -0.2) is 0 Å². The van der Waals surface area contributed by atoms with Gasteiger partial charge in [-0.15, -0.1) is 0 Å². The molecule has 0 radical (unpaired) electrons. The Morgan fingerprint density at radius 3 is 3.00 bits per heavy atom. The molecule has 6 heteroatoms. The van der Waals surface area contributed by atoms with Gasteiger partial charge in [-0.3, -0.25) is 4.79 Å². The fourth-order valence-electron chi connectivity index (χ4n) is 1.89. The molecule has 0 atom stereocenters. The summed E-state index contributed by atoms with van der Waals surface area (Å²) in [4.78, 5) is 12.0. The maximum atomic E-state index is 12.0. The molecule has 0 bridgehead atoms. The van der Waals surface area contributed by atoms with E-state index in [-0.39, 0.29) is 19.1 Å². The number of halogens is 1. The van der Waals surface area contributed by atoms with Gasteiger partial charge in [0.25, 0.3) is 5.91 Å². The number of carbonyl (C=O) groups excluding carboxylic acids is 1. The van der Waals surface area contributed by atoms with Gasteiger partial charge in [0.15, 0.2) is 5.76 Å². The van der Waals surface area contributed by atoms with Crippen LogP contribution in [0, 0.1) is 6.92 Å². The molecule has 0 aliphatic rings. The van der Waals surface area contributed by atoms with Crippen LogP contribution < -0.4 is 5.32 Å². The Kier molecular flexibility index (Phi) is 5.17. The summed E-state index contributed by atoms with van der Waals surface area (Å²) in [7, 11) is 0. The summed E-state index contributed by atoms with van der Waals surface area (Å²) in [5, 5.41) is 12.2. The van der Waals surface area contributed by atoms with Crippen LogP contribution in [0.25, 0.3) is 11.0 Å². The minimum Gasteiger partial charge on any atom is -0.451 e. The van der Waals surface area contributed by atoms with E-state index < -0.39 is 0 Å². The maximum absolute atomic E-state index is 12.0. The molecule has 0 saturated carbocycles. The summed E-state index contributed by atoms with van der Waals surface area (Å²) >= 11 is 3.40. The second-order valence-corrected chi connectivity index (χ2v) is 5.20. The lowest BCUT2D eigenvalue weighted by molar-refractivity contribution is 0.0822. The minimum absolute atomic E-state index is 0.0223. The highest BCUT2D eigenvalue weighted by molar-refractivity contribution is 9.10. The topological polar surface area (TPSA) is 71.7 Å². The zero-order valence-electron chi connectivity index (χ0n) is 11.1. The Hall–Kier alpha value is -1.37. The van der Waals surface area contributed by atoms with E-state index in [0.717, 1.165) is 15.4 Å². The number of rotatable bonds is 6. The normalized spacial score (nSPS) is 10.9. The third-order valence-electron chi connectivity index (χ3n) is 2.87. The summed E-state index contributed by atoms with van der Waals surface area (Å²) in [5.41, 5.74) is 1.50. The largest absolute Gasteiger partial charge is 0.451 e. The molecule has 20 heavy (non-hydrogen) atoms. The van der Waals surface area contributed by atoms with Crippen molar-refractivity contribution >= 4 is 32.8 Å². The van der Waals surface area contributed by atoms with Gasteiger partial charge in [0.2, 0.25) is 0 Å². The molecule has 0 aliphatic carbocycles. The monoisotopic (exact) mass is 341 g/mol. The van der Waals surface area contributed by atoms with Crippen molar-refractivity contribution in [2.24, 2.45) is 0 Å². The van der Waals surface area contributed by atoms with Crippen molar-refractivity contribution in [3.05, 3.63) is 34.0 Å². The molecule has 1 amide bonds. The first-order chi connectivity index (χ1) is 9.63. The molecular formula is C14H16BrNO4. The number of fused-ring (bicyclic) bond motifs is 1. The quantitative estimate of drug-likeness (QED) is 0.790. The van der Waals surface area contributed by atoms with Gasteiger partial charge in [0.1, 0.15) is 5.58 Å². The van der Waals surface area contributed by atoms with Crippen molar-refractivity contribution in [1.82, 2.24) is 5.32 Å². The molecule has 2 rings (SSSR count). The first-order valence-electron chi connectivity index (χ1n) is 6.29. The van der Waals surface area contributed by atoms with Crippen molar-refractivity contribution in [1.29, 1.82) is 0 Å². The van der Waals surface area contributed by atoms with Gasteiger partial charge >= 0.3 is 0 Å². The molecule has 0 saturated heterocycles. The minimum atomic E-state index is -0.262. The molecule has 108 valence electrons. The number of furan rings is 1. The zero-order valence-corrected chi connectivity index (χ0v) is 12.7. The smallest absolute Gasteiger partial charge is 0.287 e. The van der Waals surface area contributed by atoms with E-state index in [1.165, 1.54) is 0 Å². The van der Waals surface area contributed by atoms with E-state index in [4.69, 9.17) is 14.3 Å². The van der Waals surface area contributed by atoms with Crippen molar-refractivity contribution in [2.75, 3.05) is 26.4 Å². The van der Waals surface area contributed by atoms with Gasteiger partial charge in [-0.1, -0.05) is 15.9 Å². The molecule has 1 aromatic heterocycles. The first-order valence-corrected chi connectivity index (χ1v) is 7.08. The summed E-state index contributed by atoms with van der Waals surface area (Å²) in [6, 6.07) is 5.62. The van der Waals surface area contributed by atoms with Crippen LogP contribution >= 0.6 is 15.9 Å². The van der Waals surface area contributed by atoms with Gasteiger partial charge < -0.3 is 19.6 Å². The fourth-order valence-corrected chi connectivity index (χ4v) is 2.25. The Balaban J connectivity index is 2.05. The van der Waals surface area contributed by atoms with E-state index in [9.17, 15) is 4.79 Å². The van der Waals surface area contributed by atoms with Crippen LogP contribution in [0.3, 0.4) is 0 Å². The summed E-state index contributed by atoms with van der Waals surface area (Å²) in [6.45, 7) is 2.84. The van der Waals surface area contributed by atoms with E-state index >= 15 is 0 Å². The highest BCUT2D eigenvalue weighted by Gasteiger charge is 2.17. The van der Waals surface area contributed by atoms with Gasteiger partial charge in [0, 0.05) is 22.0 Å². The molecule has 2 N–H and O–H groups in total. The third-order valence-corrected chi connectivity index (χ3v) is 3.37. The van der Waals surface area contributed by atoms with Gasteiger partial charge in [-0.2, -0.15) is 0 Å². The van der Waals surface area contributed by atoms with Crippen LogP contribution in [-0.4, -0.2) is 37.4 Å². The fraction of sp³-hybridized carbons (Fsp3) is 0.357. The predicted octanol–water partition coefficient (Wildman–Crippen LogP) is 2.24. The van der Waals surface area contributed by atoms with Crippen LogP contribution in [0.5, 0.6) is 0 Å². The lowest BCUT2D eigenvalue weighted by atomic mass is 10.1. The van der Waals surface area contributed by atoms with E-state index in [1.807, 2.05) is 25.1 Å². The van der Waals surface area contributed by atoms with Crippen LogP contribution in [0.4, 0.5) is 0 Å². The van der Waals surface area contributed by atoms with E-state index in [2.05, 4.69) is 21.2 Å². The second-order valence-electron chi connectivity index (χ2n) is 4.29. The lowest BCUT2D eigenvalue weighted by Crippen LogP contribution is -2.27. The number of ether oxygens (including phenoxy) is 1. The van der Waals surface area contributed by atoms with E-state index in [0.29, 0.717) is 24.5 Å². The second kappa shape index (κ2) is 6.88. The Bertz CT molecular complexity index is 608. The van der Waals surface area contributed by atoms with Gasteiger partial charge in [-0.05, 0) is 25.1 Å². The Morgan fingerprint density at radius 2 is 2.25 bits per heavy atom. The molecule has 1 aromatic carbocycles. The number of carbonyl (C=O) groups is 1. The van der Waals surface area contributed by atoms with Crippen LogP contribution in [0.15, 0.2) is 27.1 Å². The maximum Gasteiger partial charge on any atom is 0.287 e. The molecule has 0 unspecified atom stereocenters.